The maximum Gasteiger partial charge on any atom is 0.169 e. The van der Waals surface area contributed by atoms with E-state index < -0.39 is 5.82 Å². The summed E-state index contributed by atoms with van der Waals surface area (Å²) in [5.74, 6) is -0.452. The van der Waals surface area contributed by atoms with Gasteiger partial charge in [0.1, 0.15) is 5.69 Å². The first-order valence-corrected chi connectivity index (χ1v) is 5.01. The van der Waals surface area contributed by atoms with Gasteiger partial charge in [-0.3, -0.25) is 4.79 Å². The molecule has 82 valence electrons. The fourth-order valence-electron chi connectivity index (χ4n) is 1.84. The molecule has 0 saturated carbocycles. The summed E-state index contributed by atoms with van der Waals surface area (Å²) in [6, 6.07) is 7.05. The molecule has 0 unspecified atom stereocenters. The van der Waals surface area contributed by atoms with Gasteiger partial charge in [0.25, 0.3) is 0 Å². The van der Waals surface area contributed by atoms with E-state index in [-0.39, 0.29) is 5.69 Å². The number of fused-ring (bicyclic) bond motifs is 1. The molecule has 0 aliphatic rings. The molecule has 16 heavy (non-hydrogen) atoms. The lowest BCUT2D eigenvalue weighted by Crippen LogP contribution is -2.03. The van der Waals surface area contributed by atoms with Crippen molar-refractivity contribution in [3.8, 4) is 0 Å². The zero-order valence-corrected chi connectivity index (χ0v) is 9.03. The van der Waals surface area contributed by atoms with E-state index in [2.05, 4.69) is 6.58 Å². The molecule has 0 atom stereocenters. The molecule has 0 spiro atoms. The van der Waals surface area contributed by atoms with Gasteiger partial charge in [0.2, 0.25) is 0 Å². The van der Waals surface area contributed by atoms with E-state index in [0.717, 1.165) is 11.1 Å². The number of halogens is 1. The first-order valence-electron chi connectivity index (χ1n) is 5.01. The van der Waals surface area contributed by atoms with Gasteiger partial charge in [-0.05, 0) is 19.1 Å². The molecule has 0 aliphatic carbocycles. The maximum atomic E-state index is 13.9. The van der Waals surface area contributed by atoms with Gasteiger partial charge in [0.05, 0.1) is 5.52 Å². The molecule has 0 fully saturated rings. The average Bonchev–Trinajstić information content (AvgIpc) is 2.52. The van der Waals surface area contributed by atoms with Crippen LogP contribution >= 0.6 is 0 Å². The third-order valence-corrected chi connectivity index (χ3v) is 2.49. The van der Waals surface area contributed by atoms with Crippen molar-refractivity contribution < 1.29 is 9.18 Å². The lowest BCUT2D eigenvalue weighted by molar-refractivity contribution is 0.111. The molecule has 0 amide bonds. The first kappa shape index (κ1) is 10.6. The summed E-state index contributed by atoms with van der Waals surface area (Å²) in [7, 11) is 0. The maximum absolute atomic E-state index is 13.9. The van der Waals surface area contributed by atoms with E-state index in [0.29, 0.717) is 18.2 Å². The van der Waals surface area contributed by atoms with Crippen molar-refractivity contribution in [2.24, 2.45) is 0 Å². The molecule has 1 aromatic heterocycles. The summed E-state index contributed by atoms with van der Waals surface area (Å²) in [5, 5.41) is 0.478. The monoisotopic (exact) mass is 217 g/mol. The van der Waals surface area contributed by atoms with Crippen LogP contribution in [0.1, 0.15) is 17.4 Å². The Morgan fingerprint density at radius 2 is 2.19 bits per heavy atom. The summed E-state index contributed by atoms with van der Waals surface area (Å²) in [4.78, 5) is 10.9. The first-order chi connectivity index (χ1) is 7.65. The van der Waals surface area contributed by atoms with Crippen LogP contribution in [0.3, 0.4) is 0 Å². The van der Waals surface area contributed by atoms with E-state index in [1.807, 2.05) is 13.0 Å². The van der Waals surface area contributed by atoms with Crippen LogP contribution in [0.2, 0.25) is 0 Å². The van der Waals surface area contributed by atoms with Crippen LogP contribution in [0.5, 0.6) is 0 Å². The van der Waals surface area contributed by atoms with Crippen molar-refractivity contribution in [1.29, 1.82) is 0 Å². The average molecular weight is 217 g/mol. The van der Waals surface area contributed by atoms with Gasteiger partial charge < -0.3 is 4.57 Å². The lowest BCUT2D eigenvalue weighted by Gasteiger charge is -2.06. The van der Waals surface area contributed by atoms with Crippen molar-refractivity contribution >= 4 is 17.2 Å². The minimum absolute atomic E-state index is 0.0872. The second-order valence-electron chi connectivity index (χ2n) is 3.88. The number of nitrogens with zero attached hydrogens (tertiary/aromatic N) is 1. The van der Waals surface area contributed by atoms with Crippen LogP contribution in [0.25, 0.3) is 10.9 Å². The standard InChI is InChI=1S/C13H12FNO/c1-9(2)7-15-11-6-4-3-5-10(11)13(14)12(15)8-16/h3-6,8H,1,7H2,2H3. The summed E-state index contributed by atoms with van der Waals surface area (Å²) >= 11 is 0. The molecule has 1 aromatic carbocycles. The molecule has 0 aliphatic heterocycles. The zero-order chi connectivity index (χ0) is 11.7. The molecular formula is C13H12FNO. The Labute approximate surface area is 93.0 Å². The highest BCUT2D eigenvalue weighted by molar-refractivity contribution is 5.89. The molecular weight excluding hydrogens is 205 g/mol. The summed E-state index contributed by atoms with van der Waals surface area (Å²) in [6.45, 7) is 6.09. The van der Waals surface area contributed by atoms with Crippen molar-refractivity contribution in [3.05, 3.63) is 47.9 Å². The number of para-hydroxylation sites is 1. The number of aldehydes is 1. The number of hydrogen-bond donors (Lipinski definition) is 0. The Morgan fingerprint density at radius 1 is 1.50 bits per heavy atom. The number of allylic oxidation sites excluding steroid dienone is 1. The van der Waals surface area contributed by atoms with Crippen molar-refractivity contribution in [1.82, 2.24) is 4.57 Å². The summed E-state index contributed by atoms with van der Waals surface area (Å²) in [5.41, 5.74) is 1.69. The highest BCUT2D eigenvalue weighted by atomic mass is 19.1. The molecule has 0 saturated heterocycles. The van der Waals surface area contributed by atoms with Crippen molar-refractivity contribution in [2.45, 2.75) is 13.5 Å². The number of hydrogen-bond acceptors (Lipinski definition) is 1. The Hall–Kier alpha value is -1.90. The largest absolute Gasteiger partial charge is 0.332 e. The van der Waals surface area contributed by atoms with E-state index in [4.69, 9.17) is 0 Å². The molecule has 2 nitrogen and oxygen atoms in total. The molecule has 2 rings (SSSR count). The molecule has 0 radical (unpaired) electrons. The van der Waals surface area contributed by atoms with Crippen LogP contribution in [0.4, 0.5) is 4.39 Å². The minimum atomic E-state index is -0.452. The van der Waals surface area contributed by atoms with E-state index >= 15 is 0 Å². The van der Waals surface area contributed by atoms with E-state index in [1.165, 1.54) is 0 Å². The number of carbonyl (C=O) groups excluding carboxylic acids is 1. The molecule has 2 aromatic rings. The third kappa shape index (κ3) is 1.54. The van der Waals surface area contributed by atoms with Crippen LogP contribution < -0.4 is 0 Å². The molecule has 1 heterocycles. The normalized spacial score (nSPS) is 10.6. The third-order valence-electron chi connectivity index (χ3n) is 2.49. The van der Waals surface area contributed by atoms with Gasteiger partial charge in [-0.15, -0.1) is 0 Å². The Kier molecular flexibility index (Phi) is 2.60. The number of benzene rings is 1. The number of carbonyl (C=O) groups is 1. The Bertz CT molecular complexity index is 569. The second-order valence-corrected chi connectivity index (χ2v) is 3.88. The van der Waals surface area contributed by atoms with Gasteiger partial charge in [-0.25, -0.2) is 4.39 Å². The van der Waals surface area contributed by atoms with Gasteiger partial charge in [-0.1, -0.05) is 24.3 Å². The number of aromatic nitrogens is 1. The van der Waals surface area contributed by atoms with Gasteiger partial charge in [0.15, 0.2) is 12.1 Å². The molecule has 0 bridgehead atoms. The number of rotatable bonds is 3. The minimum Gasteiger partial charge on any atom is -0.332 e. The van der Waals surface area contributed by atoms with Crippen molar-refractivity contribution in [3.63, 3.8) is 0 Å². The quantitative estimate of drug-likeness (QED) is 0.571. The summed E-state index contributed by atoms with van der Waals surface area (Å²) < 4.78 is 15.5. The molecule has 0 N–H and O–H groups in total. The van der Waals surface area contributed by atoms with Crippen LogP contribution in [-0.4, -0.2) is 10.9 Å². The fourth-order valence-corrected chi connectivity index (χ4v) is 1.84. The van der Waals surface area contributed by atoms with Crippen LogP contribution in [-0.2, 0) is 6.54 Å². The Balaban J connectivity index is 2.77. The summed E-state index contributed by atoms with van der Waals surface area (Å²) in [6.07, 6.45) is 0.554. The van der Waals surface area contributed by atoms with Crippen LogP contribution in [0, 0.1) is 5.82 Å². The van der Waals surface area contributed by atoms with Gasteiger partial charge in [-0.2, -0.15) is 0 Å². The highest BCUT2D eigenvalue weighted by Gasteiger charge is 2.15. The topological polar surface area (TPSA) is 22.0 Å². The fraction of sp³-hybridized carbons (Fsp3) is 0.154. The predicted octanol–water partition coefficient (Wildman–Crippen LogP) is 3.17. The Morgan fingerprint density at radius 3 is 2.81 bits per heavy atom. The van der Waals surface area contributed by atoms with Gasteiger partial charge in [0, 0.05) is 11.9 Å². The lowest BCUT2D eigenvalue weighted by atomic mass is 10.2. The zero-order valence-electron chi connectivity index (χ0n) is 9.03. The van der Waals surface area contributed by atoms with Crippen LogP contribution in [0.15, 0.2) is 36.4 Å². The van der Waals surface area contributed by atoms with Gasteiger partial charge >= 0.3 is 0 Å². The SMILES string of the molecule is C=C(C)Cn1c(C=O)c(F)c2ccccc21. The smallest absolute Gasteiger partial charge is 0.169 e. The highest BCUT2D eigenvalue weighted by Crippen LogP contribution is 2.24. The molecule has 3 heteroatoms. The van der Waals surface area contributed by atoms with Crippen molar-refractivity contribution in [2.75, 3.05) is 0 Å². The van der Waals surface area contributed by atoms with E-state index in [1.54, 1.807) is 22.8 Å². The second kappa shape index (κ2) is 3.93. The van der Waals surface area contributed by atoms with E-state index in [9.17, 15) is 9.18 Å². The predicted molar refractivity (Wildman–Crippen MR) is 62.1 cm³/mol.